The van der Waals surface area contributed by atoms with Gasteiger partial charge in [0.2, 0.25) is 5.91 Å². The van der Waals surface area contributed by atoms with E-state index in [0.717, 1.165) is 15.6 Å². The quantitative estimate of drug-likeness (QED) is 0.484. The summed E-state index contributed by atoms with van der Waals surface area (Å²) in [5.41, 5.74) is 2.74. The molecule has 0 atom stereocenters. The molecule has 0 bridgehead atoms. The Morgan fingerprint density at radius 1 is 1.19 bits per heavy atom. The Kier molecular flexibility index (Phi) is 5.80. The first-order chi connectivity index (χ1) is 12.5. The molecule has 3 rings (SSSR count). The van der Waals surface area contributed by atoms with Crippen LogP contribution in [0.5, 0.6) is 0 Å². The molecule has 7 heteroatoms. The smallest absolute Gasteiger partial charge is 0.234 e. The highest BCUT2D eigenvalue weighted by molar-refractivity contribution is 8.01. The molecule has 2 aromatic carbocycles. The highest BCUT2D eigenvalue weighted by Crippen LogP contribution is 2.28. The Labute approximate surface area is 158 Å². The molecule has 0 aliphatic rings. The summed E-state index contributed by atoms with van der Waals surface area (Å²) in [6, 6.07) is 13.0. The van der Waals surface area contributed by atoms with Crippen LogP contribution in [0, 0.1) is 5.82 Å². The number of halogens is 1. The van der Waals surface area contributed by atoms with E-state index in [1.54, 1.807) is 36.4 Å². The number of aromatic nitrogens is 1. The fraction of sp³-hybridized carbons (Fsp3) is 0.105. The molecule has 0 spiro atoms. The van der Waals surface area contributed by atoms with Crippen molar-refractivity contribution in [2.75, 3.05) is 11.1 Å². The Bertz CT molecular complexity index is 939. The molecule has 0 saturated carbocycles. The van der Waals surface area contributed by atoms with Crippen LogP contribution in [-0.2, 0) is 4.79 Å². The zero-order valence-corrected chi connectivity index (χ0v) is 15.5. The summed E-state index contributed by atoms with van der Waals surface area (Å²) in [6.07, 6.45) is 0. The van der Waals surface area contributed by atoms with E-state index in [1.807, 2.05) is 5.38 Å². The predicted octanol–water partition coefficient (Wildman–Crippen LogP) is 4.88. The van der Waals surface area contributed by atoms with Gasteiger partial charge < -0.3 is 5.32 Å². The van der Waals surface area contributed by atoms with E-state index in [4.69, 9.17) is 0 Å². The molecule has 0 saturated heterocycles. The second-order valence-corrected chi connectivity index (χ2v) is 7.56. The molecule has 1 heterocycles. The monoisotopic (exact) mass is 386 g/mol. The van der Waals surface area contributed by atoms with Gasteiger partial charge in [0.05, 0.1) is 11.4 Å². The maximum absolute atomic E-state index is 13.0. The van der Waals surface area contributed by atoms with Gasteiger partial charge in [-0.25, -0.2) is 9.37 Å². The third-order valence-corrected chi connectivity index (χ3v) is 5.52. The number of nitrogens with zero attached hydrogens (tertiary/aromatic N) is 1. The first-order valence-corrected chi connectivity index (χ1v) is 9.63. The van der Waals surface area contributed by atoms with Gasteiger partial charge in [0, 0.05) is 22.2 Å². The summed E-state index contributed by atoms with van der Waals surface area (Å²) in [5, 5.41) is 4.65. The number of amides is 1. The van der Waals surface area contributed by atoms with E-state index in [9.17, 15) is 14.0 Å². The number of hydrogen-bond donors (Lipinski definition) is 1. The highest BCUT2D eigenvalue weighted by Gasteiger charge is 2.09. The fourth-order valence-corrected chi connectivity index (χ4v) is 3.85. The van der Waals surface area contributed by atoms with Gasteiger partial charge in [0.1, 0.15) is 5.82 Å². The largest absolute Gasteiger partial charge is 0.325 e. The van der Waals surface area contributed by atoms with Gasteiger partial charge in [0.25, 0.3) is 0 Å². The van der Waals surface area contributed by atoms with Crippen molar-refractivity contribution in [3.05, 3.63) is 65.3 Å². The SMILES string of the molecule is CC(=O)c1cccc(NC(=O)CSc2nc(-c3ccc(F)cc3)cs2)c1. The molecular weight excluding hydrogens is 371 g/mol. The third kappa shape index (κ3) is 4.77. The number of carbonyl (C=O) groups excluding carboxylic acids is 2. The molecule has 0 fully saturated rings. The summed E-state index contributed by atoms with van der Waals surface area (Å²) in [5.74, 6) is -0.300. The first-order valence-electron chi connectivity index (χ1n) is 7.76. The second-order valence-electron chi connectivity index (χ2n) is 5.48. The first kappa shape index (κ1) is 18.3. The Balaban J connectivity index is 1.57. The fourth-order valence-electron chi connectivity index (χ4n) is 2.22. The van der Waals surface area contributed by atoms with Crippen molar-refractivity contribution in [1.82, 2.24) is 4.98 Å². The molecule has 0 radical (unpaired) electrons. The van der Waals surface area contributed by atoms with E-state index in [1.165, 1.54) is 42.2 Å². The Morgan fingerprint density at radius 2 is 1.96 bits per heavy atom. The lowest BCUT2D eigenvalue weighted by Gasteiger charge is -2.05. The average Bonchev–Trinajstić information content (AvgIpc) is 3.10. The van der Waals surface area contributed by atoms with E-state index in [0.29, 0.717) is 11.3 Å². The van der Waals surface area contributed by atoms with Crippen molar-refractivity contribution >= 4 is 40.5 Å². The van der Waals surface area contributed by atoms with E-state index < -0.39 is 0 Å². The van der Waals surface area contributed by atoms with Crippen LogP contribution in [0.25, 0.3) is 11.3 Å². The van der Waals surface area contributed by atoms with Crippen LogP contribution in [0.15, 0.2) is 58.3 Å². The van der Waals surface area contributed by atoms with Crippen molar-refractivity contribution in [2.45, 2.75) is 11.3 Å². The minimum atomic E-state index is -0.288. The van der Waals surface area contributed by atoms with Gasteiger partial charge in [-0.3, -0.25) is 9.59 Å². The number of thiazole rings is 1. The number of carbonyl (C=O) groups is 2. The number of ketones is 1. The number of nitrogens with one attached hydrogen (secondary N) is 1. The maximum atomic E-state index is 13.0. The molecule has 1 amide bonds. The molecule has 0 aliphatic carbocycles. The van der Waals surface area contributed by atoms with Crippen molar-refractivity contribution < 1.29 is 14.0 Å². The van der Waals surface area contributed by atoms with E-state index in [-0.39, 0.29) is 23.3 Å². The Morgan fingerprint density at radius 3 is 2.69 bits per heavy atom. The van der Waals surface area contributed by atoms with Gasteiger partial charge in [-0.15, -0.1) is 11.3 Å². The normalized spacial score (nSPS) is 10.5. The van der Waals surface area contributed by atoms with Crippen molar-refractivity contribution in [1.29, 1.82) is 0 Å². The zero-order chi connectivity index (χ0) is 18.5. The molecule has 26 heavy (non-hydrogen) atoms. The summed E-state index contributed by atoms with van der Waals surface area (Å²) in [6.45, 7) is 1.48. The van der Waals surface area contributed by atoms with Gasteiger partial charge in [-0.1, -0.05) is 23.9 Å². The lowest BCUT2D eigenvalue weighted by Crippen LogP contribution is -2.14. The number of Topliss-reactive ketones (excluding diaryl/α,β-unsaturated/α-hetero) is 1. The molecule has 4 nitrogen and oxygen atoms in total. The third-order valence-electron chi connectivity index (χ3n) is 3.50. The molecule has 132 valence electrons. The number of hydrogen-bond acceptors (Lipinski definition) is 5. The predicted molar refractivity (Wildman–Crippen MR) is 103 cm³/mol. The number of rotatable bonds is 6. The molecular formula is C19H15FN2O2S2. The van der Waals surface area contributed by atoms with Crippen LogP contribution >= 0.6 is 23.1 Å². The number of thioether (sulfide) groups is 1. The number of benzene rings is 2. The van der Waals surface area contributed by atoms with Gasteiger partial charge >= 0.3 is 0 Å². The van der Waals surface area contributed by atoms with Crippen molar-refractivity contribution in [2.24, 2.45) is 0 Å². The van der Waals surface area contributed by atoms with Gasteiger partial charge in [0.15, 0.2) is 10.1 Å². The minimum absolute atomic E-state index is 0.0495. The van der Waals surface area contributed by atoms with Crippen LogP contribution in [0.3, 0.4) is 0 Å². The maximum Gasteiger partial charge on any atom is 0.234 e. The molecule has 1 aromatic heterocycles. The minimum Gasteiger partial charge on any atom is -0.325 e. The van der Waals surface area contributed by atoms with Crippen molar-refractivity contribution in [3.8, 4) is 11.3 Å². The van der Waals surface area contributed by atoms with Crippen LogP contribution in [-0.4, -0.2) is 22.4 Å². The highest BCUT2D eigenvalue weighted by atomic mass is 32.2. The molecule has 1 N–H and O–H groups in total. The summed E-state index contributed by atoms with van der Waals surface area (Å²) in [4.78, 5) is 27.9. The average molecular weight is 386 g/mol. The summed E-state index contributed by atoms with van der Waals surface area (Å²) in [7, 11) is 0. The van der Waals surface area contributed by atoms with Crippen LogP contribution < -0.4 is 5.32 Å². The van der Waals surface area contributed by atoms with Crippen LogP contribution in [0.1, 0.15) is 17.3 Å². The second kappa shape index (κ2) is 8.25. The van der Waals surface area contributed by atoms with Gasteiger partial charge in [-0.05, 0) is 43.3 Å². The lowest BCUT2D eigenvalue weighted by molar-refractivity contribution is -0.113. The van der Waals surface area contributed by atoms with Crippen LogP contribution in [0.4, 0.5) is 10.1 Å². The molecule has 0 unspecified atom stereocenters. The van der Waals surface area contributed by atoms with Crippen LogP contribution in [0.2, 0.25) is 0 Å². The molecule has 0 aliphatic heterocycles. The Hall–Kier alpha value is -2.51. The molecule has 3 aromatic rings. The van der Waals surface area contributed by atoms with E-state index >= 15 is 0 Å². The zero-order valence-electron chi connectivity index (χ0n) is 13.9. The van der Waals surface area contributed by atoms with E-state index in [2.05, 4.69) is 10.3 Å². The number of anilines is 1. The summed E-state index contributed by atoms with van der Waals surface area (Å²) >= 11 is 2.77. The standard InChI is InChI=1S/C19H15FN2O2S2/c1-12(23)14-3-2-4-16(9-14)21-18(24)11-26-19-22-17(10-25-19)13-5-7-15(20)8-6-13/h2-10H,11H2,1H3,(H,21,24). The van der Waals surface area contributed by atoms with Crippen molar-refractivity contribution in [3.63, 3.8) is 0 Å². The lowest BCUT2D eigenvalue weighted by atomic mass is 10.1. The van der Waals surface area contributed by atoms with Gasteiger partial charge in [-0.2, -0.15) is 0 Å². The topological polar surface area (TPSA) is 59.1 Å². The summed E-state index contributed by atoms with van der Waals surface area (Å²) < 4.78 is 13.7.